The number of alkyl halides is 1. The summed E-state index contributed by atoms with van der Waals surface area (Å²) in [5.74, 6) is 0.641. The summed E-state index contributed by atoms with van der Waals surface area (Å²) in [6.07, 6.45) is 0. The van der Waals surface area contributed by atoms with Crippen LogP contribution >= 0.6 is 27.7 Å². The number of halogens is 1. The standard InChI is InChI=1S/C11H10BrN3O3S/c12-9(10(16)14-11-13-5-6-19-11)7-1-3-8(4-2-7)15(17)18/h1-4,9H,5-6H2,(H,13,14,16)/t9-/m0/s1. The highest BCUT2D eigenvalue weighted by Crippen LogP contribution is 2.25. The van der Waals surface area contributed by atoms with Gasteiger partial charge in [-0.1, -0.05) is 39.8 Å². The largest absolute Gasteiger partial charge is 0.304 e. The molecule has 0 saturated heterocycles. The Morgan fingerprint density at radius 2 is 2.16 bits per heavy atom. The van der Waals surface area contributed by atoms with Crippen LogP contribution in [0.15, 0.2) is 29.3 Å². The maximum atomic E-state index is 11.9. The zero-order valence-electron chi connectivity index (χ0n) is 9.71. The SMILES string of the molecule is O=C(NC1=NCCS1)[C@@H](Br)c1ccc([N+](=O)[O-])cc1. The highest BCUT2D eigenvalue weighted by Gasteiger charge is 2.20. The van der Waals surface area contributed by atoms with E-state index in [0.29, 0.717) is 17.3 Å². The van der Waals surface area contributed by atoms with Crippen LogP contribution in [0.25, 0.3) is 0 Å². The van der Waals surface area contributed by atoms with E-state index < -0.39 is 9.75 Å². The molecule has 1 atom stereocenters. The van der Waals surface area contributed by atoms with Gasteiger partial charge in [-0.25, -0.2) is 0 Å². The molecule has 8 heteroatoms. The molecule has 0 aromatic heterocycles. The smallest absolute Gasteiger partial charge is 0.269 e. The summed E-state index contributed by atoms with van der Waals surface area (Å²) in [6, 6.07) is 5.86. The van der Waals surface area contributed by atoms with Gasteiger partial charge in [0, 0.05) is 17.9 Å². The number of non-ortho nitro benzene ring substituents is 1. The summed E-state index contributed by atoms with van der Waals surface area (Å²) in [7, 11) is 0. The molecule has 19 heavy (non-hydrogen) atoms. The topological polar surface area (TPSA) is 84.6 Å². The average molecular weight is 344 g/mol. The van der Waals surface area contributed by atoms with Crippen LogP contribution in [0.2, 0.25) is 0 Å². The Morgan fingerprint density at radius 1 is 1.47 bits per heavy atom. The van der Waals surface area contributed by atoms with Crippen molar-refractivity contribution in [3.05, 3.63) is 39.9 Å². The number of hydrogen-bond acceptors (Lipinski definition) is 5. The lowest BCUT2D eigenvalue weighted by molar-refractivity contribution is -0.384. The molecule has 0 radical (unpaired) electrons. The van der Waals surface area contributed by atoms with E-state index in [2.05, 4.69) is 26.2 Å². The number of nitrogens with one attached hydrogen (secondary N) is 1. The Kier molecular flexibility index (Phi) is 4.54. The molecule has 0 spiro atoms. The summed E-state index contributed by atoms with van der Waals surface area (Å²) in [5, 5.41) is 13.9. The van der Waals surface area contributed by atoms with Gasteiger partial charge in [0.2, 0.25) is 5.91 Å². The molecule has 1 aliphatic rings. The highest BCUT2D eigenvalue weighted by atomic mass is 79.9. The molecule has 6 nitrogen and oxygen atoms in total. The monoisotopic (exact) mass is 343 g/mol. The maximum absolute atomic E-state index is 11.9. The first-order chi connectivity index (χ1) is 9.08. The van der Waals surface area contributed by atoms with E-state index in [1.165, 1.54) is 23.9 Å². The first-order valence-electron chi connectivity index (χ1n) is 5.44. The van der Waals surface area contributed by atoms with Crippen molar-refractivity contribution >= 4 is 44.5 Å². The lowest BCUT2D eigenvalue weighted by Gasteiger charge is -2.10. The number of rotatable bonds is 3. The second-order valence-corrected chi connectivity index (χ2v) is 5.74. The molecule has 0 bridgehead atoms. The quantitative estimate of drug-likeness (QED) is 0.518. The number of amidine groups is 1. The van der Waals surface area contributed by atoms with Crippen molar-refractivity contribution in [1.29, 1.82) is 0 Å². The minimum absolute atomic E-state index is 0.000387. The second-order valence-electron chi connectivity index (χ2n) is 3.74. The Balaban J connectivity index is 2.03. The first-order valence-corrected chi connectivity index (χ1v) is 7.34. The van der Waals surface area contributed by atoms with Crippen molar-refractivity contribution in [2.45, 2.75) is 4.83 Å². The van der Waals surface area contributed by atoms with Gasteiger partial charge in [-0.3, -0.25) is 19.9 Å². The van der Waals surface area contributed by atoms with Crippen molar-refractivity contribution < 1.29 is 9.72 Å². The van der Waals surface area contributed by atoms with Crippen molar-refractivity contribution in [2.24, 2.45) is 4.99 Å². The minimum atomic E-state index is -0.558. The van der Waals surface area contributed by atoms with Crippen LogP contribution in [0.1, 0.15) is 10.4 Å². The molecule has 0 saturated carbocycles. The number of hydrogen-bond donors (Lipinski definition) is 1. The van der Waals surface area contributed by atoms with Gasteiger partial charge in [0.1, 0.15) is 4.83 Å². The molecule has 1 aromatic carbocycles. The molecule has 0 fully saturated rings. The number of nitro groups is 1. The van der Waals surface area contributed by atoms with E-state index in [-0.39, 0.29) is 11.6 Å². The van der Waals surface area contributed by atoms with Crippen LogP contribution in [0.3, 0.4) is 0 Å². The number of aliphatic imine (C=N–C) groups is 1. The van der Waals surface area contributed by atoms with Crippen molar-refractivity contribution in [1.82, 2.24) is 5.32 Å². The maximum Gasteiger partial charge on any atom is 0.269 e. The lowest BCUT2D eigenvalue weighted by Crippen LogP contribution is -2.30. The van der Waals surface area contributed by atoms with Crippen molar-refractivity contribution in [2.75, 3.05) is 12.3 Å². The van der Waals surface area contributed by atoms with Crippen molar-refractivity contribution in [3.63, 3.8) is 0 Å². The van der Waals surface area contributed by atoms with Crippen LogP contribution in [-0.4, -0.2) is 28.3 Å². The van der Waals surface area contributed by atoms with E-state index in [1.54, 1.807) is 12.1 Å². The third kappa shape index (κ3) is 3.54. The predicted octanol–water partition coefficient (Wildman–Crippen LogP) is 2.25. The number of nitrogens with zero attached hydrogens (tertiary/aromatic N) is 2. The molecule has 1 amide bonds. The average Bonchev–Trinajstić information content (AvgIpc) is 2.90. The van der Waals surface area contributed by atoms with E-state index in [9.17, 15) is 14.9 Å². The van der Waals surface area contributed by atoms with E-state index in [4.69, 9.17) is 0 Å². The van der Waals surface area contributed by atoms with Gasteiger partial charge in [-0.05, 0) is 5.56 Å². The second kappa shape index (κ2) is 6.16. The fraction of sp³-hybridized carbons (Fsp3) is 0.273. The molecule has 0 aliphatic carbocycles. The van der Waals surface area contributed by atoms with E-state index in [1.807, 2.05) is 0 Å². The van der Waals surface area contributed by atoms with Crippen LogP contribution in [-0.2, 0) is 4.79 Å². The molecule has 0 unspecified atom stereocenters. The molecule has 1 aromatic rings. The number of amides is 1. The fourth-order valence-electron chi connectivity index (χ4n) is 1.50. The van der Waals surface area contributed by atoms with Crippen LogP contribution in [0.5, 0.6) is 0 Å². The van der Waals surface area contributed by atoms with Gasteiger partial charge in [-0.2, -0.15) is 0 Å². The molecule has 1 N–H and O–H groups in total. The van der Waals surface area contributed by atoms with Crippen LogP contribution in [0.4, 0.5) is 5.69 Å². The van der Waals surface area contributed by atoms with Gasteiger partial charge < -0.3 is 5.32 Å². The molecule has 2 rings (SSSR count). The molecular weight excluding hydrogens is 334 g/mol. The molecule has 100 valence electrons. The van der Waals surface area contributed by atoms with Crippen molar-refractivity contribution in [3.8, 4) is 0 Å². The summed E-state index contributed by atoms with van der Waals surface area (Å²) < 4.78 is 0. The van der Waals surface area contributed by atoms with E-state index >= 15 is 0 Å². The lowest BCUT2D eigenvalue weighted by atomic mass is 10.1. The number of carbonyl (C=O) groups is 1. The number of thioether (sulfide) groups is 1. The normalized spacial score (nSPS) is 15.7. The fourth-order valence-corrected chi connectivity index (χ4v) is 2.65. The zero-order valence-corrected chi connectivity index (χ0v) is 12.1. The summed E-state index contributed by atoms with van der Waals surface area (Å²) in [5.41, 5.74) is 0.659. The number of carbonyl (C=O) groups excluding carboxylic acids is 1. The Labute approximate surface area is 122 Å². The molecule has 1 heterocycles. The molecule has 1 aliphatic heterocycles. The van der Waals surface area contributed by atoms with Crippen LogP contribution in [0, 0.1) is 10.1 Å². The predicted molar refractivity (Wildman–Crippen MR) is 77.7 cm³/mol. The van der Waals surface area contributed by atoms with Gasteiger partial charge in [0.15, 0.2) is 5.17 Å². The summed E-state index contributed by atoms with van der Waals surface area (Å²) in [4.78, 5) is 25.6. The van der Waals surface area contributed by atoms with Gasteiger partial charge in [0.05, 0.1) is 11.5 Å². The number of benzene rings is 1. The summed E-state index contributed by atoms with van der Waals surface area (Å²) in [6.45, 7) is 0.713. The van der Waals surface area contributed by atoms with Gasteiger partial charge in [-0.15, -0.1) is 0 Å². The Morgan fingerprint density at radius 3 is 2.68 bits per heavy atom. The van der Waals surface area contributed by atoms with Gasteiger partial charge in [0.25, 0.3) is 5.69 Å². The minimum Gasteiger partial charge on any atom is -0.304 e. The van der Waals surface area contributed by atoms with Gasteiger partial charge >= 0.3 is 0 Å². The first kappa shape index (κ1) is 14.0. The third-order valence-corrected chi connectivity index (χ3v) is 4.28. The molecular formula is C11H10BrN3O3S. The van der Waals surface area contributed by atoms with Crippen LogP contribution < -0.4 is 5.32 Å². The zero-order chi connectivity index (χ0) is 13.8. The number of nitro benzene ring substituents is 1. The van der Waals surface area contributed by atoms with E-state index in [0.717, 1.165) is 5.75 Å². The summed E-state index contributed by atoms with van der Waals surface area (Å²) >= 11 is 4.77. The Hall–Kier alpha value is -1.41. The third-order valence-electron chi connectivity index (χ3n) is 2.44. The Bertz CT molecular complexity index is 532. The highest BCUT2D eigenvalue weighted by molar-refractivity contribution is 9.09.